The smallest absolute Gasteiger partial charge is 0.252 e. The molecule has 0 spiro atoms. The number of pyridine rings is 1. The molecule has 1 aliphatic heterocycles. The molecule has 6 heteroatoms. The van der Waals surface area contributed by atoms with Gasteiger partial charge in [-0.05, 0) is 43.9 Å². The number of amides is 1. The van der Waals surface area contributed by atoms with E-state index in [-0.39, 0.29) is 23.8 Å². The van der Waals surface area contributed by atoms with Gasteiger partial charge in [0.2, 0.25) is 0 Å². The summed E-state index contributed by atoms with van der Waals surface area (Å²) >= 11 is 0. The molecule has 0 aliphatic carbocycles. The van der Waals surface area contributed by atoms with E-state index in [9.17, 15) is 4.79 Å². The van der Waals surface area contributed by atoms with Gasteiger partial charge in [0.05, 0.1) is 23.8 Å². The van der Waals surface area contributed by atoms with Gasteiger partial charge in [0, 0.05) is 24.2 Å². The molecule has 0 fully saturated rings. The Balaban J connectivity index is 1.55. The Morgan fingerprint density at radius 2 is 2.07 bits per heavy atom. The van der Waals surface area contributed by atoms with E-state index >= 15 is 0 Å². The van der Waals surface area contributed by atoms with Crippen LogP contribution in [0, 0.1) is 5.92 Å². The number of hydrogen-bond acceptors (Lipinski definition) is 4. The van der Waals surface area contributed by atoms with Crippen LogP contribution >= 0.6 is 0 Å². The lowest BCUT2D eigenvalue weighted by Crippen LogP contribution is -2.35. The minimum absolute atomic E-state index is 0.0820. The van der Waals surface area contributed by atoms with Gasteiger partial charge in [0.1, 0.15) is 5.75 Å². The zero-order chi connectivity index (χ0) is 20.5. The third kappa shape index (κ3) is 3.84. The van der Waals surface area contributed by atoms with E-state index in [0.29, 0.717) is 18.7 Å². The van der Waals surface area contributed by atoms with Crippen LogP contribution in [0.3, 0.4) is 0 Å². The molecule has 6 nitrogen and oxygen atoms in total. The second-order valence-electron chi connectivity index (χ2n) is 8.37. The van der Waals surface area contributed by atoms with E-state index in [1.165, 1.54) is 5.56 Å². The van der Waals surface area contributed by atoms with Crippen molar-refractivity contribution in [2.45, 2.75) is 46.1 Å². The van der Waals surface area contributed by atoms with Crippen LogP contribution in [0.4, 0.5) is 0 Å². The van der Waals surface area contributed by atoms with E-state index in [1.807, 2.05) is 28.9 Å². The highest BCUT2D eigenvalue weighted by molar-refractivity contribution is 6.05. The van der Waals surface area contributed by atoms with Crippen molar-refractivity contribution in [2.75, 3.05) is 13.2 Å². The summed E-state index contributed by atoms with van der Waals surface area (Å²) in [6.07, 6.45) is 2.66. The van der Waals surface area contributed by atoms with Crippen LogP contribution in [0.15, 0.2) is 36.5 Å². The number of para-hydroxylation sites is 1. The predicted molar refractivity (Wildman–Crippen MR) is 113 cm³/mol. The topological polar surface area (TPSA) is 69.0 Å². The summed E-state index contributed by atoms with van der Waals surface area (Å²) in [5, 5.41) is 8.38. The maximum Gasteiger partial charge on any atom is 0.252 e. The van der Waals surface area contributed by atoms with Crippen LogP contribution in [-0.4, -0.2) is 33.8 Å². The van der Waals surface area contributed by atoms with Crippen molar-refractivity contribution < 1.29 is 9.53 Å². The van der Waals surface area contributed by atoms with Crippen LogP contribution in [-0.2, 0) is 6.42 Å². The maximum absolute atomic E-state index is 13.1. The van der Waals surface area contributed by atoms with Gasteiger partial charge in [-0.15, -0.1) is 0 Å². The second kappa shape index (κ2) is 7.85. The van der Waals surface area contributed by atoms with Gasteiger partial charge in [0.25, 0.3) is 5.91 Å². The van der Waals surface area contributed by atoms with Crippen molar-refractivity contribution >= 4 is 16.9 Å². The fourth-order valence-corrected chi connectivity index (χ4v) is 3.75. The third-order valence-corrected chi connectivity index (χ3v) is 5.42. The Morgan fingerprint density at radius 3 is 2.83 bits per heavy atom. The standard InChI is InChI=1S/C23H28N4O2/c1-14(2)20-10-18(19-12-25-27(15(3)4)22(19)26-20)23(28)24-11-16-9-17-7-5-6-8-21(17)29-13-16/h5-8,10,12,14-16H,9,11,13H2,1-4H3,(H,24,28). The van der Waals surface area contributed by atoms with Crippen LogP contribution in [0.2, 0.25) is 0 Å². The minimum atomic E-state index is -0.0820. The molecule has 1 N–H and O–H groups in total. The number of nitrogens with zero attached hydrogens (tertiary/aromatic N) is 3. The number of ether oxygens (including phenoxy) is 1. The Labute approximate surface area is 171 Å². The summed E-state index contributed by atoms with van der Waals surface area (Å²) < 4.78 is 7.73. The first-order valence-electron chi connectivity index (χ1n) is 10.3. The zero-order valence-corrected chi connectivity index (χ0v) is 17.5. The lowest BCUT2D eigenvalue weighted by atomic mass is 9.96. The summed E-state index contributed by atoms with van der Waals surface area (Å²) in [6, 6.07) is 10.2. The van der Waals surface area contributed by atoms with Crippen molar-refractivity contribution in [3.63, 3.8) is 0 Å². The molecule has 1 unspecified atom stereocenters. The van der Waals surface area contributed by atoms with Crippen LogP contribution < -0.4 is 10.1 Å². The zero-order valence-electron chi connectivity index (χ0n) is 17.5. The number of carbonyl (C=O) groups is 1. The number of benzene rings is 1. The number of rotatable bonds is 5. The van der Waals surface area contributed by atoms with Crippen molar-refractivity contribution in [3.05, 3.63) is 53.3 Å². The molecule has 3 aromatic rings. The van der Waals surface area contributed by atoms with Crippen molar-refractivity contribution in [2.24, 2.45) is 5.92 Å². The molecule has 2 aromatic heterocycles. The first kappa shape index (κ1) is 19.4. The van der Waals surface area contributed by atoms with Crippen molar-refractivity contribution in [1.29, 1.82) is 0 Å². The molecule has 3 heterocycles. The lowest BCUT2D eigenvalue weighted by Gasteiger charge is -2.25. The summed E-state index contributed by atoms with van der Waals surface area (Å²) in [5.74, 6) is 1.36. The summed E-state index contributed by atoms with van der Waals surface area (Å²) in [6.45, 7) is 9.50. The Hall–Kier alpha value is -2.89. The summed E-state index contributed by atoms with van der Waals surface area (Å²) in [7, 11) is 0. The van der Waals surface area contributed by atoms with E-state index in [2.05, 4.69) is 44.2 Å². The summed E-state index contributed by atoms with van der Waals surface area (Å²) in [4.78, 5) is 17.9. The molecule has 1 atom stereocenters. The van der Waals surface area contributed by atoms with E-state index in [1.54, 1.807) is 6.20 Å². The second-order valence-corrected chi connectivity index (χ2v) is 8.37. The Kier molecular flexibility index (Phi) is 5.26. The number of fused-ring (bicyclic) bond motifs is 2. The number of hydrogen-bond donors (Lipinski definition) is 1. The van der Waals surface area contributed by atoms with E-state index in [4.69, 9.17) is 9.72 Å². The molecule has 1 aromatic carbocycles. The lowest BCUT2D eigenvalue weighted by molar-refractivity contribution is 0.0940. The Bertz CT molecular complexity index is 1040. The van der Waals surface area contributed by atoms with Crippen molar-refractivity contribution in [1.82, 2.24) is 20.1 Å². The molecule has 4 rings (SSSR count). The van der Waals surface area contributed by atoms with Crippen LogP contribution in [0.25, 0.3) is 11.0 Å². The first-order valence-corrected chi connectivity index (χ1v) is 10.3. The molecular formula is C23H28N4O2. The van der Waals surface area contributed by atoms with Gasteiger partial charge in [-0.1, -0.05) is 32.0 Å². The average molecular weight is 393 g/mol. The predicted octanol–water partition coefficient (Wildman–Crippen LogP) is 4.12. The molecule has 1 aliphatic rings. The average Bonchev–Trinajstić information content (AvgIpc) is 3.15. The van der Waals surface area contributed by atoms with Gasteiger partial charge >= 0.3 is 0 Å². The third-order valence-electron chi connectivity index (χ3n) is 5.42. The van der Waals surface area contributed by atoms with Crippen LogP contribution in [0.5, 0.6) is 5.75 Å². The minimum Gasteiger partial charge on any atom is -0.493 e. The fraction of sp³-hybridized carbons (Fsp3) is 0.435. The molecule has 0 radical (unpaired) electrons. The van der Waals surface area contributed by atoms with Gasteiger partial charge in [-0.2, -0.15) is 5.10 Å². The number of carbonyl (C=O) groups excluding carboxylic acids is 1. The van der Waals surface area contributed by atoms with Gasteiger partial charge in [0.15, 0.2) is 5.65 Å². The molecule has 1 amide bonds. The molecule has 152 valence electrons. The van der Waals surface area contributed by atoms with Gasteiger partial charge < -0.3 is 10.1 Å². The van der Waals surface area contributed by atoms with E-state index < -0.39 is 0 Å². The highest BCUT2D eigenvalue weighted by Crippen LogP contribution is 2.27. The quantitative estimate of drug-likeness (QED) is 0.709. The monoisotopic (exact) mass is 392 g/mol. The SMILES string of the molecule is CC(C)c1cc(C(=O)NCC2COc3ccccc3C2)c2cnn(C(C)C)c2n1. The largest absolute Gasteiger partial charge is 0.493 e. The normalized spacial score (nSPS) is 16.1. The van der Waals surface area contributed by atoms with Crippen LogP contribution in [0.1, 0.15) is 61.3 Å². The van der Waals surface area contributed by atoms with Gasteiger partial charge in [-0.3, -0.25) is 4.79 Å². The molecule has 0 saturated carbocycles. The molecule has 29 heavy (non-hydrogen) atoms. The van der Waals surface area contributed by atoms with Gasteiger partial charge in [-0.25, -0.2) is 9.67 Å². The van der Waals surface area contributed by atoms with Crippen molar-refractivity contribution in [3.8, 4) is 5.75 Å². The number of aromatic nitrogens is 3. The number of nitrogens with one attached hydrogen (secondary N) is 1. The molecular weight excluding hydrogens is 364 g/mol. The summed E-state index contributed by atoms with van der Waals surface area (Å²) in [5.41, 5.74) is 3.51. The maximum atomic E-state index is 13.1. The van der Waals surface area contributed by atoms with E-state index in [0.717, 1.165) is 28.9 Å². The highest BCUT2D eigenvalue weighted by atomic mass is 16.5. The molecule has 0 saturated heterocycles. The molecule has 0 bridgehead atoms. The Morgan fingerprint density at radius 1 is 1.28 bits per heavy atom. The fourth-order valence-electron chi connectivity index (χ4n) is 3.75. The first-order chi connectivity index (χ1) is 13.9. The highest BCUT2D eigenvalue weighted by Gasteiger charge is 2.22.